The van der Waals surface area contributed by atoms with Crippen LogP contribution in [0.1, 0.15) is 6.92 Å². The number of urea groups is 1. The average Bonchev–Trinajstić information content (AvgIpc) is 2.47. The molecule has 3 N–H and O–H groups in total. The van der Waals surface area contributed by atoms with Crippen molar-refractivity contribution in [3.05, 3.63) is 18.5 Å². The average molecular weight is 278 g/mol. The van der Waals surface area contributed by atoms with Gasteiger partial charge in [0.15, 0.2) is 0 Å². The second-order valence-corrected chi connectivity index (χ2v) is 4.60. The Morgan fingerprint density at radius 2 is 1.85 bits per heavy atom. The van der Waals surface area contributed by atoms with Gasteiger partial charge in [-0.25, -0.2) is 14.8 Å². The summed E-state index contributed by atoms with van der Waals surface area (Å²) in [4.78, 5) is 34.9. The van der Waals surface area contributed by atoms with Gasteiger partial charge < -0.3 is 10.6 Å². The number of aromatic nitrogens is 2. The van der Waals surface area contributed by atoms with Crippen LogP contribution in [0.5, 0.6) is 0 Å². The van der Waals surface area contributed by atoms with Crippen LogP contribution < -0.4 is 16.0 Å². The summed E-state index contributed by atoms with van der Waals surface area (Å²) in [5.41, 5.74) is 4.94. The van der Waals surface area contributed by atoms with Gasteiger partial charge >= 0.3 is 6.03 Å². The highest BCUT2D eigenvalue weighted by Crippen LogP contribution is 2.11. The first-order chi connectivity index (χ1) is 9.58. The lowest BCUT2D eigenvalue weighted by Gasteiger charge is -2.37. The van der Waals surface area contributed by atoms with Crippen molar-refractivity contribution in [2.75, 3.05) is 31.1 Å². The predicted octanol–water partition coefficient (Wildman–Crippen LogP) is -0.818. The first-order valence-electron chi connectivity index (χ1n) is 6.44. The molecule has 1 fully saturated rings. The third-order valence-corrected chi connectivity index (χ3v) is 3.32. The Hall–Kier alpha value is -2.22. The van der Waals surface area contributed by atoms with E-state index >= 15 is 0 Å². The number of imide groups is 1. The topological polar surface area (TPSA) is 104 Å². The number of nitrogens with one attached hydrogen (secondary N) is 1. The summed E-state index contributed by atoms with van der Waals surface area (Å²) in [6.45, 7) is 4.63. The van der Waals surface area contributed by atoms with Crippen LogP contribution in [-0.4, -0.2) is 59.0 Å². The number of piperazine rings is 1. The molecule has 1 atom stereocenters. The van der Waals surface area contributed by atoms with E-state index in [0.29, 0.717) is 19.0 Å². The fourth-order valence-corrected chi connectivity index (χ4v) is 2.16. The monoisotopic (exact) mass is 278 g/mol. The number of nitrogens with two attached hydrogens (primary N) is 1. The third kappa shape index (κ3) is 3.41. The fraction of sp³-hybridized carbons (Fsp3) is 0.500. The lowest BCUT2D eigenvalue weighted by Crippen LogP contribution is -2.55. The van der Waals surface area contributed by atoms with Gasteiger partial charge in [-0.1, -0.05) is 0 Å². The van der Waals surface area contributed by atoms with Gasteiger partial charge in [-0.2, -0.15) is 0 Å². The number of carbonyl (C=O) groups is 2. The highest BCUT2D eigenvalue weighted by molar-refractivity contribution is 5.96. The number of primary amides is 1. The van der Waals surface area contributed by atoms with Gasteiger partial charge in [0.1, 0.15) is 0 Å². The van der Waals surface area contributed by atoms with E-state index < -0.39 is 6.03 Å². The van der Waals surface area contributed by atoms with Crippen LogP contribution in [-0.2, 0) is 4.79 Å². The summed E-state index contributed by atoms with van der Waals surface area (Å²) >= 11 is 0. The second kappa shape index (κ2) is 6.29. The molecule has 108 valence electrons. The van der Waals surface area contributed by atoms with Gasteiger partial charge in [0.25, 0.3) is 0 Å². The zero-order valence-electron chi connectivity index (χ0n) is 11.3. The van der Waals surface area contributed by atoms with Crippen LogP contribution in [0.3, 0.4) is 0 Å². The van der Waals surface area contributed by atoms with Crippen molar-refractivity contribution in [2.45, 2.75) is 13.0 Å². The minimum Gasteiger partial charge on any atom is -0.351 e. The van der Waals surface area contributed by atoms with Gasteiger partial charge in [-0.15, -0.1) is 0 Å². The van der Waals surface area contributed by atoms with Gasteiger partial charge in [-0.05, 0) is 13.0 Å². The van der Waals surface area contributed by atoms with E-state index in [-0.39, 0.29) is 11.9 Å². The normalized spacial score (nSPS) is 17.6. The van der Waals surface area contributed by atoms with Crippen molar-refractivity contribution >= 4 is 17.9 Å². The Kier molecular flexibility index (Phi) is 4.46. The van der Waals surface area contributed by atoms with E-state index in [0.717, 1.165) is 13.1 Å². The maximum absolute atomic E-state index is 11.7. The maximum atomic E-state index is 11.7. The summed E-state index contributed by atoms with van der Waals surface area (Å²) in [6.07, 6.45) is 3.41. The molecule has 2 heterocycles. The molecule has 8 heteroatoms. The molecule has 0 saturated carbocycles. The lowest BCUT2D eigenvalue weighted by molar-refractivity contribution is -0.124. The molecule has 1 aliphatic heterocycles. The molecule has 0 bridgehead atoms. The van der Waals surface area contributed by atoms with Gasteiger partial charge in [-0.3, -0.25) is 15.0 Å². The second-order valence-electron chi connectivity index (χ2n) is 4.60. The quantitative estimate of drug-likeness (QED) is 0.748. The Morgan fingerprint density at radius 3 is 2.40 bits per heavy atom. The first kappa shape index (κ1) is 14.2. The number of amides is 3. The van der Waals surface area contributed by atoms with Crippen LogP contribution in [0.15, 0.2) is 18.5 Å². The van der Waals surface area contributed by atoms with Crippen LogP contribution >= 0.6 is 0 Å². The molecule has 0 aliphatic carbocycles. The van der Waals surface area contributed by atoms with Crippen molar-refractivity contribution in [3.63, 3.8) is 0 Å². The van der Waals surface area contributed by atoms with E-state index in [1.165, 1.54) is 0 Å². The number of carbonyl (C=O) groups excluding carboxylic acids is 2. The van der Waals surface area contributed by atoms with E-state index in [2.05, 4.69) is 20.2 Å². The smallest absolute Gasteiger partial charge is 0.318 e. The molecule has 0 unspecified atom stereocenters. The molecular formula is C12H18N6O2. The van der Waals surface area contributed by atoms with Crippen molar-refractivity contribution in [1.82, 2.24) is 20.2 Å². The van der Waals surface area contributed by atoms with Crippen LogP contribution in [0.2, 0.25) is 0 Å². The Balaban J connectivity index is 1.88. The zero-order chi connectivity index (χ0) is 14.5. The van der Waals surface area contributed by atoms with E-state index in [4.69, 9.17) is 5.73 Å². The highest BCUT2D eigenvalue weighted by atomic mass is 16.2. The minimum atomic E-state index is -0.821. The molecule has 20 heavy (non-hydrogen) atoms. The molecule has 8 nitrogen and oxygen atoms in total. The third-order valence-electron chi connectivity index (χ3n) is 3.32. The molecule has 1 saturated heterocycles. The van der Waals surface area contributed by atoms with Crippen molar-refractivity contribution in [3.8, 4) is 0 Å². The standard InChI is InChI=1S/C12H18N6O2/c1-9(10(19)16-11(13)20)17-5-7-18(8-6-17)12-14-3-2-4-15-12/h2-4,9H,5-8H2,1H3,(H3,13,16,19,20)/t9-/m1/s1. The highest BCUT2D eigenvalue weighted by Gasteiger charge is 2.26. The SMILES string of the molecule is C[C@H](C(=O)NC(N)=O)N1CCN(c2ncccn2)CC1. The Labute approximate surface area is 117 Å². The molecule has 2 rings (SSSR count). The number of anilines is 1. The minimum absolute atomic E-state index is 0.373. The van der Waals surface area contributed by atoms with Gasteiger partial charge in [0.2, 0.25) is 11.9 Å². The van der Waals surface area contributed by atoms with Crippen molar-refractivity contribution in [2.24, 2.45) is 5.73 Å². The number of hydrogen-bond acceptors (Lipinski definition) is 6. The summed E-state index contributed by atoms with van der Waals surface area (Å²) in [6, 6.07) is 0.565. The molecule has 3 amide bonds. The molecule has 1 aliphatic rings. The molecular weight excluding hydrogens is 260 g/mol. The van der Waals surface area contributed by atoms with Crippen LogP contribution in [0.25, 0.3) is 0 Å². The molecule has 1 aromatic rings. The first-order valence-corrected chi connectivity index (χ1v) is 6.44. The molecule has 1 aromatic heterocycles. The van der Waals surface area contributed by atoms with Crippen LogP contribution in [0, 0.1) is 0 Å². The predicted molar refractivity (Wildman–Crippen MR) is 73.0 cm³/mol. The zero-order valence-corrected chi connectivity index (χ0v) is 11.3. The van der Waals surface area contributed by atoms with Crippen LogP contribution in [0.4, 0.5) is 10.7 Å². The number of nitrogens with zero attached hydrogens (tertiary/aromatic N) is 4. The van der Waals surface area contributed by atoms with Gasteiger partial charge in [0.05, 0.1) is 6.04 Å². The van der Waals surface area contributed by atoms with Crippen molar-refractivity contribution in [1.29, 1.82) is 0 Å². The van der Waals surface area contributed by atoms with E-state index in [1.54, 1.807) is 25.4 Å². The Morgan fingerprint density at radius 1 is 1.25 bits per heavy atom. The largest absolute Gasteiger partial charge is 0.351 e. The lowest BCUT2D eigenvalue weighted by atomic mass is 10.2. The van der Waals surface area contributed by atoms with E-state index in [1.807, 2.05) is 4.90 Å². The maximum Gasteiger partial charge on any atom is 0.318 e. The number of rotatable bonds is 3. The summed E-state index contributed by atoms with van der Waals surface area (Å²) in [7, 11) is 0. The van der Waals surface area contributed by atoms with E-state index in [9.17, 15) is 9.59 Å². The Bertz CT molecular complexity index is 472. The number of hydrogen-bond donors (Lipinski definition) is 2. The summed E-state index contributed by atoms with van der Waals surface area (Å²) < 4.78 is 0. The fourth-order valence-electron chi connectivity index (χ4n) is 2.16. The molecule has 0 radical (unpaired) electrons. The summed E-state index contributed by atoms with van der Waals surface area (Å²) in [5.74, 6) is 0.323. The summed E-state index contributed by atoms with van der Waals surface area (Å²) in [5, 5.41) is 2.10. The van der Waals surface area contributed by atoms with Crippen molar-refractivity contribution < 1.29 is 9.59 Å². The van der Waals surface area contributed by atoms with Gasteiger partial charge in [0, 0.05) is 38.6 Å². The molecule has 0 spiro atoms. The molecule has 0 aromatic carbocycles.